The summed E-state index contributed by atoms with van der Waals surface area (Å²) in [7, 11) is 1.36. The van der Waals surface area contributed by atoms with Crippen molar-refractivity contribution in [1.82, 2.24) is 15.1 Å². The minimum atomic E-state index is -1.00. The number of hydrogen-bond acceptors (Lipinski definition) is 5. The Morgan fingerprint density at radius 3 is 2.24 bits per heavy atom. The van der Waals surface area contributed by atoms with E-state index < -0.39 is 28.9 Å². The predicted molar refractivity (Wildman–Crippen MR) is 150 cm³/mol. The molecule has 3 aromatic carbocycles. The van der Waals surface area contributed by atoms with E-state index in [1.54, 1.807) is 23.1 Å². The van der Waals surface area contributed by atoms with Gasteiger partial charge in [-0.3, -0.25) is 4.79 Å². The molecule has 2 aliphatic rings. The van der Waals surface area contributed by atoms with E-state index in [-0.39, 0.29) is 19.1 Å². The smallest absolute Gasteiger partial charge is 0.407 e. The number of carbonyl (C=O) groups excluding carboxylic acids is 2. The number of rotatable bonds is 7. The molecule has 3 aromatic rings. The Balaban J connectivity index is 1.34. The van der Waals surface area contributed by atoms with Crippen molar-refractivity contribution in [2.24, 2.45) is 0 Å². The van der Waals surface area contributed by atoms with Crippen LogP contribution in [-0.4, -0.2) is 68.2 Å². The Kier molecular flexibility index (Phi) is 8.65. The summed E-state index contributed by atoms with van der Waals surface area (Å²) in [6.45, 7) is 2.89. The van der Waals surface area contributed by atoms with E-state index in [2.05, 4.69) is 10.2 Å². The van der Waals surface area contributed by atoms with Crippen molar-refractivity contribution >= 4 is 12.0 Å². The van der Waals surface area contributed by atoms with Crippen LogP contribution in [0.15, 0.2) is 78.9 Å². The molecule has 216 valence electrons. The van der Waals surface area contributed by atoms with Gasteiger partial charge >= 0.3 is 6.09 Å². The van der Waals surface area contributed by atoms with Gasteiger partial charge < -0.3 is 24.6 Å². The number of likely N-dealkylation sites (tertiary alicyclic amines) is 1. The van der Waals surface area contributed by atoms with E-state index >= 15 is 0 Å². The van der Waals surface area contributed by atoms with Crippen LogP contribution in [0.3, 0.4) is 0 Å². The average molecular weight is 564 g/mol. The minimum Gasteiger partial charge on any atom is -0.453 e. The number of alkyl carbamates (subject to hydrolysis) is 1. The van der Waals surface area contributed by atoms with Crippen LogP contribution in [0, 0.1) is 11.6 Å². The summed E-state index contributed by atoms with van der Waals surface area (Å²) in [5.74, 6) is -2.00. The van der Waals surface area contributed by atoms with Crippen LogP contribution in [0.4, 0.5) is 13.6 Å². The standard InChI is InChI=1S/C32H35F2N3O4/c1-40-30(39)35-31(25-10-6-3-7-11-25)14-17-36(18-15-31)19-16-32(26-12-13-27(33)28(34)22-26)23-37(20-21-41-32)29(38)24-8-4-2-5-9-24/h2-13,22H,14-21,23H2,1H3,(H,35,39). The van der Waals surface area contributed by atoms with Gasteiger partial charge in [0, 0.05) is 31.7 Å². The first-order valence-corrected chi connectivity index (χ1v) is 13.9. The van der Waals surface area contributed by atoms with E-state index in [1.165, 1.54) is 13.2 Å². The number of hydrogen-bond donors (Lipinski definition) is 1. The lowest BCUT2D eigenvalue weighted by Gasteiger charge is -2.46. The maximum Gasteiger partial charge on any atom is 0.407 e. The fourth-order valence-corrected chi connectivity index (χ4v) is 5.96. The zero-order chi connectivity index (χ0) is 28.9. The van der Waals surface area contributed by atoms with Crippen molar-refractivity contribution in [3.05, 3.63) is 107 Å². The Morgan fingerprint density at radius 2 is 1.59 bits per heavy atom. The highest BCUT2D eigenvalue weighted by Gasteiger charge is 2.42. The highest BCUT2D eigenvalue weighted by atomic mass is 19.2. The number of nitrogens with zero attached hydrogens (tertiary/aromatic N) is 2. The molecule has 41 heavy (non-hydrogen) atoms. The quantitative estimate of drug-likeness (QED) is 0.435. The second-order valence-corrected chi connectivity index (χ2v) is 10.7. The van der Waals surface area contributed by atoms with Crippen molar-refractivity contribution in [2.75, 3.05) is 46.4 Å². The molecule has 0 saturated carbocycles. The van der Waals surface area contributed by atoms with E-state index in [4.69, 9.17) is 9.47 Å². The third kappa shape index (κ3) is 6.26. The summed E-state index contributed by atoms with van der Waals surface area (Å²) in [6.07, 6.45) is 1.34. The van der Waals surface area contributed by atoms with Crippen molar-refractivity contribution in [3.8, 4) is 0 Å². The highest BCUT2D eigenvalue weighted by Crippen LogP contribution is 2.37. The third-order valence-corrected chi connectivity index (χ3v) is 8.33. The molecule has 2 amide bonds. The fourth-order valence-electron chi connectivity index (χ4n) is 5.96. The van der Waals surface area contributed by atoms with Gasteiger partial charge in [-0.1, -0.05) is 54.6 Å². The Morgan fingerprint density at radius 1 is 0.902 bits per heavy atom. The predicted octanol–water partition coefficient (Wildman–Crippen LogP) is 5.07. The molecule has 1 N–H and O–H groups in total. The summed E-state index contributed by atoms with van der Waals surface area (Å²) >= 11 is 0. The van der Waals surface area contributed by atoms with E-state index in [9.17, 15) is 18.4 Å². The van der Waals surface area contributed by atoms with Gasteiger partial charge in [-0.05, 0) is 54.7 Å². The molecule has 2 saturated heterocycles. The van der Waals surface area contributed by atoms with Gasteiger partial charge in [0.2, 0.25) is 0 Å². The molecule has 5 rings (SSSR count). The van der Waals surface area contributed by atoms with Gasteiger partial charge in [0.05, 0.1) is 25.8 Å². The SMILES string of the molecule is COC(=O)NC1(c2ccccc2)CCN(CCC2(c3ccc(F)c(F)c3)CN(C(=O)c3ccccc3)CCO2)CC1. The van der Waals surface area contributed by atoms with Crippen molar-refractivity contribution in [1.29, 1.82) is 0 Å². The Labute approximate surface area is 239 Å². The molecule has 0 spiro atoms. The van der Waals surface area contributed by atoms with Gasteiger partial charge in [0.1, 0.15) is 5.60 Å². The van der Waals surface area contributed by atoms with E-state index in [1.807, 2.05) is 48.5 Å². The van der Waals surface area contributed by atoms with Gasteiger partial charge in [0.15, 0.2) is 11.6 Å². The topological polar surface area (TPSA) is 71.1 Å². The van der Waals surface area contributed by atoms with Crippen molar-refractivity contribution in [3.63, 3.8) is 0 Å². The first kappa shape index (κ1) is 28.7. The monoisotopic (exact) mass is 563 g/mol. The van der Waals surface area contributed by atoms with Crippen LogP contribution in [-0.2, 0) is 20.6 Å². The number of benzene rings is 3. The maximum atomic E-state index is 14.4. The fraction of sp³-hybridized carbons (Fsp3) is 0.375. The van der Waals surface area contributed by atoms with Crippen LogP contribution >= 0.6 is 0 Å². The average Bonchev–Trinajstić information content (AvgIpc) is 3.02. The molecular formula is C32H35F2N3O4. The summed E-state index contributed by atoms with van der Waals surface area (Å²) in [5, 5.41) is 3.07. The molecule has 0 aliphatic carbocycles. The molecule has 0 bridgehead atoms. The molecule has 2 aliphatic heterocycles. The molecular weight excluding hydrogens is 528 g/mol. The lowest BCUT2D eigenvalue weighted by molar-refractivity contribution is -0.114. The number of methoxy groups -OCH3 is 1. The van der Waals surface area contributed by atoms with Crippen LogP contribution in [0.1, 0.15) is 40.7 Å². The van der Waals surface area contributed by atoms with Crippen LogP contribution in [0.2, 0.25) is 0 Å². The molecule has 7 nitrogen and oxygen atoms in total. The van der Waals surface area contributed by atoms with Crippen LogP contribution in [0.5, 0.6) is 0 Å². The molecule has 0 aromatic heterocycles. The summed E-state index contributed by atoms with van der Waals surface area (Å²) < 4.78 is 39.6. The first-order valence-electron chi connectivity index (χ1n) is 13.9. The molecule has 1 unspecified atom stereocenters. The van der Waals surface area contributed by atoms with Crippen LogP contribution in [0.25, 0.3) is 0 Å². The molecule has 1 atom stereocenters. The van der Waals surface area contributed by atoms with Gasteiger partial charge in [0.25, 0.3) is 5.91 Å². The van der Waals surface area contributed by atoms with Gasteiger partial charge in [-0.15, -0.1) is 0 Å². The van der Waals surface area contributed by atoms with Crippen molar-refractivity contribution in [2.45, 2.75) is 30.4 Å². The molecule has 9 heteroatoms. The normalized spacial score (nSPS) is 20.8. The zero-order valence-corrected chi connectivity index (χ0v) is 23.2. The van der Waals surface area contributed by atoms with Gasteiger partial charge in [-0.25, -0.2) is 13.6 Å². The highest BCUT2D eigenvalue weighted by molar-refractivity contribution is 5.94. The Hall–Kier alpha value is -3.82. The second kappa shape index (κ2) is 12.4. The largest absolute Gasteiger partial charge is 0.453 e. The van der Waals surface area contributed by atoms with Gasteiger partial charge in [-0.2, -0.15) is 0 Å². The number of ether oxygens (including phenoxy) is 2. The van der Waals surface area contributed by atoms with Crippen LogP contribution < -0.4 is 5.32 Å². The number of nitrogens with one attached hydrogen (secondary N) is 1. The molecule has 2 fully saturated rings. The third-order valence-electron chi connectivity index (χ3n) is 8.33. The molecule has 2 heterocycles. The summed E-state index contributed by atoms with van der Waals surface area (Å²) in [5.41, 5.74) is 0.539. The van der Waals surface area contributed by atoms with E-state index in [0.29, 0.717) is 56.6 Å². The lowest BCUT2D eigenvalue weighted by atomic mass is 9.80. The summed E-state index contributed by atoms with van der Waals surface area (Å²) in [4.78, 5) is 29.6. The van der Waals surface area contributed by atoms with Crippen molar-refractivity contribution < 1.29 is 27.8 Å². The summed E-state index contributed by atoms with van der Waals surface area (Å²) in [6, 6.07) is 22.7. The zero-order valence-electron chi connectivity index (χ0n) is 23.2. The number of piperidine rings is 1. The first-order chi connectivity index (χ1) is 19.8. The van der Waals surface area contributed by atoms with E-state index in [0.717, 1.165) is 11.6 Å². The second-order valence-electron chi connectivity index (χ2n) is 10.7. The minimum absolute atomic E-state index is 0.125. The number of carbonyl (C=O) groups is 2. The number of morpholine rings is 1. The Bertz CT molecular complexity index is 1350. The maximum absolute atomic E-state index is 14.4. The lowest BCUT2D eigenvalue weighted by Crippen LogP contribution is -2.55. The molecule has 0 radical (unpaired) electrons. The number of amides is 2. The number of halogens is 2.